The van der Waals surface area contributed by atoms with Crippen molar-refractivity contribution in [1.82, 2.24) is 10.2 Å². The summed E-state index contributed by atoms with van der Waals surface area (Å²) in [7, 11) is 0. The minimum Gasteiger partial charge on any atom is -0.480 e. The molecule has 116 valence electrons. The second-order valence-corrected chi connectivity index (χ2v) is 6.64. The normalized spacial score (nSPS) is 27.2. The summed E-state index contributed by atoms with van der Waals surface area (Å²) < 4.78 is 0. The smallest absolute Gasteiger partial charge is 0.323 e. The van der Waals surface area contributed by atoms with Crippen LogP contribution in [0.4, 0.5) is 0 Å². The highest BCUT2D eigenvalue weighted by atomic mass is 16.4. The van der Waals surface area contributed by atoms with Crippen LogP contribution in [0, 0.1) is 0 Å². The second kappa shape index (κ2) is 6.90. The van der Waals surface area contributed by atoms with Gasteiger partial charge in [0.05, 0.1) is 0 Å². The van der Waals surface area contributed by atoms with E-state index in [1.165, 1.54) is 25.8 Å². The van der Waals surface area contributed by atoms with Gasteiger partial charge in [-0.25, -0.2) is 0 Å². The van der Waals surface area contributed by atoms with Gasteiger partial charge in [-0.2, -0.15) is 0 Å². The van der Waals surface area contributed by atoms with Gasteiger partial charge in [0.25, 0.3) is 0 Å². The van der Waals surface area contributed by atoms with E-state index in [1.54, 1.807) is 0 Å². The van der Waals surface area contributed by atoms with Gasteiger partial charge < -0.3 is 10.0 Å². The van der Waals surface area contributed by atoms with Crippen molar-refractivity contribution < 1.29 is 9.90 Å². The van der Waals surface area contributed by atoms with Crippen molar-refractivity contribution in [2.45, 2.75) is 82.8 Å². The number of hydrogen-bond acceptors (Lipinski definition) is 3. The first-order valence-electron chi connectivity index (χ1n) is 8.32. The Labute approximate surface area is 122 Å². The molecule has 0 radical (unpaired) electrons. The number of piperidine rings is 1. The van der Waals surface area contributed by atoms with Crippen LogP contribution in [-0.2, 0) is 4.79 Å². The number of nitrogens with one attached hydrogen (secondary N) is 1. The van der Waals surface area contributed by atoms with Gasteiger partial charge in [-0.3, -0.25) is 10.1 Å². The Balaban J connectivity index is 1.82. The van der Waals surface area contributed by atoms with Gasteiger partial charge in [-0.1, -0.05) is 13.3 Å². The van der Waals surface area contributed by atoms with E-state index in [1.807, 2.05) is 6.92 Å². The fourth-order valence-corrected chi connectivity index (χ4v) is 3.36. The molecule has 0 aromatic heterocycles. The molecule has 0 amide bonds. The molecule has 1 saturated heterocycles. The number of aliphatic carboxylic acids is 1. The molecule has 4 nitrogen and oxygen atoms in total. The predicted molar refractivity (Wildman–Crippen MR) is 80.9 cm³/mol. The predicted octanol–water partition coefficient (Wildman–Crippen LogP) is 2.63. The van der Waals surface area contributed by atoms with Gasteiger partial charge >= 0.3 is 5.97 Å². The highest BCUT2D eigenvalue weighted by molar-refractivity contribution is 5.78. The van der Waals surface area contributed by atoms with Crippen LogP contribution >= 0.6 is 0 Å². The average Bonchev–Trinajstić information content (AvgIpc) is 3.23. The molecule has 2 unspecified atom stereocenters. The zero-order chi connectivity index (χ0) is 14.6. The Morgan fingerprint density at radius 3 is 2.65 bits per heavy atom. The van der Waals surface area contributed by atoms with Crippen LogP contribution in [0.15, 0.2) is 0 Å². The zero-order valence-corrected chi connectivity index (χ0v) is 13.0. The third-order valence-corrected chi connectivity index (χ3v) is 5.06. The molecule has 0 aromatic rings. The number of rotatable bonds is 8. The summed E-state index contributed by atoms with van der Waals surface area (Å²) in [5.74, 6) is -0.668. The van der Waals surface area contributed by atoms with Gasteiger partial charge in [0.1, 0.15) is 5.54 Å². The minimum atomic E-state index is -0.694. The molecule has 1 aliphatic carbocycles. The summed E-state index contributed by atoms with van der Waals surface area (Å²) in [4.78, 5) is 14.2. The van der Waals surface area contributed by atoms with Gasteiger partial charge in [0.2, 0.25) is 0 Å². The molecule has 2 fully saturated rings. The maximum absolute atomic E-state index is 11.7. The van der Waals surface area contributed by atoms with Crippen LogP contribution in [0.3, 0.4) is 0 Å². The first-order valence-corrected chi connectivity index (χ1v) is 8.32. The first kappa shape index (κ1) is 15.8. The average molecular weight is 282 g/mol. The summed E-state index contributed by atoms with van der Waals surface area (Å²) in [6.07, 6.45) is 8.60. The van der Waals surface area contributed by atoms with Crippen molar-refractivity contribution in [3.05, 3.63) is 0 Å². The van der Waals surface area contributed by atoms with Crippen molar-refractivity contribution in [2.24, 2.45) is 0 Å². The molecular weight excluding hydrogens is 252 g/mol. The number of likely N-dealkylation sites (tertiary alicyclic amines) is 1. The molecule has 2 rings (SSSR count). The molecule has 0 spiro atoms. The Morgan fingerprint density at radius 1 is 1.35 bits per heavy atom. The van der Waals surface area contributed by atoms with E-state index in [-0.39, 0.29) is 0 Å². The van der Waals surface area contributed by atoms with Gasteiger partial charge in [0, 0.05) is 12.1 Å². The Hall–Kier alpha value is -0.610. The third kappa shape index (κ3) is 3.95. The molecule has 1 saturated carbocycles. The van der Waals surface area contributed by atoms with Crippen LogP contribution in [0.25, 0.3) is 0 Å². The molecule has 2 aliphatic rings. The summed E-state index contributed by atoms with van der Waals surface area (Å²) in [6, 6.07) is 1.11. The fourth-order valence-electron chi connectivity index (χ4n) is 3.36. The molecule has 1 aliphatic heterocycles. The number of carboxylic acids is 1. The summed E-state index contributed by atoms with van der Waals surface area (Å²) >= 11 is 0. The minimum absolute atomic E-state index is 0.444. The summed E-state index contributed by atoms with van der Waals surface area (Å²) in [5, 5.41) is 13.0. The van der Waals surface area contributed by atoms with Crippen LogP contribution in [0.1, 0.15) is 65.2 Å². The van der Waals surface area contributed by atoms with E-state index in [4.69, 9.17) is 0 Å². The lowest BCUT2D eigenvalue weighted by Crippen LogP contribution is -2.53. The van der Waals surface area contributed by atoms with E-state index in [9.17, 15) is 9.90 Å². The van der Waals surface area contributed by atoms with Crippen LogP contribution < -0.4 is 5.32 Å². The van der Waals surface area contributed by atoms with Crippen molar-refractivity contribution in [2.75, 3.05) is 13.1 Å². The zero-order valence-electron chi connectivity index (χ0n) is 13.0. The van der Waals surface area contributed by atoms with E-state index >= 15 is 0 Å². The van der Waals surface area contributed by atoms with E-state index in [2.05, 4.69) is 17.1 Å². The van der Waals surface area contributed by atoms with Crippen LogP contribution in [0.5, 0.6) is 0 Å². The van der Waals surface area contributed by atoms with Gasteiger partial charge in [-0.15, -0.1) is 0 Å². The van der Waals surface area contributed by atoms with Crippen molar-refractivity contribution in [3.63, 3.8) is 0 Å². The maximum Gasteiger partial charge on any atom is 0.323 e. The topological polar surface area (TPSA) is 52.6 Å². The van der Waals surface area contributed by atoms with E-state index < -0.39 is 11.5 Å². The monoisotopic (exact) mass is 282 g/mol. The lowest BCUT2D eigenvalue weighted by molar-refractivity contribution is -0.145. The Morgan fingerprint density at radius 2 is 2.10 bits per heavy atom. The fraction of sp³-hybridized carbons (Fsp3) is 0.938. The van der Waals surface area contributed by atoms with Crippen molar-refractivity contribution in [3.8, 4) is 0 Å². The molecule has 20 heavy (non-hydrogen) atoms. The highest BCUT2D eigenvalue weighted by Gasteiger charge is 2.40. The lowest BCUT2D eigenvalue weighted by atomic mass is 9.89. The lowest BCUT2D eigenvalue weighted by Gasteiger charge is -2.35. The highest BCUT2D eigenvalue weighted by Crippen LogP contribution is 2.28. The quantitative estimate of drug-likeness (QED) is 0.718. The number of nitrogens with zero attached hydrogens (tertiary/aromatic N) is 1. The SMILES string of the molecule is CCC(CCCN1CCCCC1C)(NC1CC1)C(=O)O. The second-order valence-electron chi connectivity index (χ2n) is 6.64. The van der Waals surface area contributed by atoms with Gasteiger partial charge in [0.15, 0.2) is 0 Å². The largest absolute Gasteiger partial charge is 0.480 e. The van der Waals surface area contributed by atoms with Crippen molar-refractivity contribution in [1.29, 1.82) is 0 Å². The molecule has 0 bridgehead atoms. The van der Waals surface area contributed by atoms with E-state index in [0.717, 1.165) is 32.2 Å². The molecule has 1 heterocycles. The maximum atomic E-state index is 11.7. The number of hydrogen-bond donors (Lipinski definition) is 2. The standard InChI is InChI=1S/C16H30N2O2/c1-3-16(15(19)20,17-14-8-9-14)10-6-12-18-11-5-4-7-13(18)2/h13-14,17H,3-12H2,1-2H3,(H,19,20). The summed E-state index contributed by atoms with van der Waals surface area (Å²) in [5.41, 5.74) is -0.694. The third-order valence-electron chi connectivity index (χ3n) is 5.06. The first-order chi connectivity index (χ1) is 9.57. The number of carbonyl (C=O) groups is 1. The molecule has 2 atom stereocenters. The Bertz CT molecular complexity index is 330. The van der Waals surface area contributed by atoms with Crippen LogP contribution in [-0.4, -0.2) is 46.7 Å². The molecule has 0 aromatic carbocycles. The van der Waals surface area contributed by atoms with Crippen molar-refractivity contribution >= 4 is 5.97 Å². The Kier molecular flexibility index (Phi) is 5.44. The molecule has 2 N–H and O–H groups in total. The van der Waals surface area contributed by atoms with E-state index in [0.29, 0.717) is 18.5 Å². The number of carboxylic acid groups (broad SMARTS) is 1. The van der Waals surface area contributed by atoms with Gasteiger partial charge in [-0.05, 0) is 65.0 Å². The molecule has 4 heteroatoms. The summed E-state index contributed by atoms with van der Waals surface area (Å²) in [6.45, 7) is 6.52. The van der Waals surface area contributed by atoms with Crippen LogP contribution in [0.2, 0.25) is 0 Å². The molecular formula is C16H30N2O2.